The van der Waals surface area contributed by atoms with E-state index >= 15 is 0 Å². The summed E-state index contributed by atoms with van der Waals surface area (Å²) in [7, 11) is 0. The van der Waals surface area contributed by atoms with E-state index in [2.05, 4.69) is 11.8 Å². The number of carbonyl (C=O) groups is 1. The Balaban J connectivity index is 1.91. The Morgan fingerprint density at radius 2 is 1.43 bits per heavy atom. The van der Waals surface area contributed by atoms with Crippen molar-refractivity contribution in [3.63, 3.8) is 0 Å². The summed E-state index contributed by atoms with van der Waals surface area (Å²) in [5.41, 5.74) is 0. The van der Waals surface area contributed by atoms with Crippen molar-refractivity contribution in [2.45, 2.75) is 122 Å². The van der Waals surface area contributed by atoms with Gasteiger partial charge in [0.15, 0.2) is 6.23 Å². The number of hydrogen-bond donors (Lipinski definition) is 2. The SMILES string of the molecule is CCCCCCC(O)CC(O)CCCCCCCCC(=O)OC(C)N1CCOCC1. The lowest BCUT2D eigenvalue weighted by atomic mass is 10.00. The van der Waals surface area contributed by atoms with Crippen LogP contribution in [0, 0.1) is 0 Å². The maximum Gasteiger partial charge on any atom is 0.307 e. The minimum Gasteiger partial charge on any atom is -0.447 e. The van der Waals surface area contributed by atoms with Crippen LogP contribution in [0.5, 0.6) is 0 Å². The predicted octanol–water partition coefficient (Wildman–Crippen LogP) is 4.41. The van der Waals surface area contributed by atoms with Gasteiger partial charge in [0.2, 0.25) is 0 Å². The van der Waals surface area contributed by atoms with Crippen molar-refractivity contribution in [2.75, 3.05) is 26.3 Å². The maximum atomic E-state index is 12.0. The number of morpholine rings is 1. The molecule has 0 aromatic rings. The summed E-state index contributed by atoms with van der Waals surface area (Å²) in [5.74, 6) is -0.106. The van der Waals surface area contributed by atoms with Crippen molar-refractivity contribution < 1.29 is 24.5 Å². The highest BCUT2D eigenvalue weighted by Gasteiger charge is 2.19. The van der Waals surface area contributed by atoms with Crippen molar-refractivity contribution in [3.05, 3.63) is 0 Å². The molecule has 0 aromatic heterocycles. The second-order valence-corrected chi connectivity index (χ2v) is 8.79. The molecule has 2 N–H and O–H groups in total. The molecule has 3 unspecified atom stereocenters. The zero-order chi connectivity index (χ0) is 22.0. The number of aliphatic hydroxyl groups excluding tert-OH is 2. The van der Waals surface area contributed by atoms with Gasteiger partial charge in [-0.3, -0.25) is 9.69 Å². The van der Waals surface area contributed by atoms with E-state index < -0.39 is 0 Å². The first-order valence-corrected chi connectivity index (χ1v) is 12.4. The van der Waals surface area contributed by atoms with Gasteiger partial charge in [-0.15, -0.1) is 0 Å². The van der Waals surface area contributed by atoms with Crippen molar-refractivity contribution >= 4 is 5.97 Å². The molecule has 1 rings (SSSR count). The molecule has 178 valence electrons. The van der Waals surface area contributed by atoms with E-state index in [1.165, 1.54) is 19.3 Å². The number of nitrogens with zero attached hydrogens (tertiary/aromatic N) is 1. The Morgan fingerprint density at radius 1 is 0.900 bits per heavy atom. The quantitative estimate of drug-likeness (QED) is 0.248. The molecule has 0 radical (unpaired) electrons. The fraction of sp³-hybridized carbons (Fsp3) is 0.958. The normalized spacial score (nSPS) is 18.1. The van der Waals surface area contributed by atoms with Gasteiger partial charge in [0.05, 0.1) is 25.4 Å². The highest BCUT2D eigenvalue weighted by atomic mass is 16.6. The molecule has 30 heavy (non-hydrogen) atoms. The number of unbranched alkanes of at least 4 members (excludes halogenated alkanes) is 8. The molecule has 3 atom stereocenters. The van der Waals surface area contributed by atoms with E-state index in [-0.39, 0.29) is 24.4 Å². The van der Waals surface area contributed by atoms with E-state index in [0.717, 1.165) is 70.9 Å². The van der Waals surface area contributed by atoms with Crippen LogP contribution in [0.15, 0.2) is 0 Å². The average Bonchev–Trinajstić information content (AvgIpc) is 2.73. The van der Waals surface area contributed by atoms with Gasteiger partial charge in [0.25, 0.3) is 0 Å². The summed E-state index contributed by atoms with van der Waals surface area (Å²) in [4.78, 5) is 14.1. The van der Waals surface area contributed by atoms with Crippen molar-refractivity contribution in [1.29, 1.82) is 0 Å². The van der Waals surface area contributed by atoms with Crippen LogP contribution in [0.25, 0.3) is 0 Å². The molecule has 6 nitrogen and oxygen atoms in total. The van der Waals surface area contributed by atoms with Crippen LogP contribution in [-0.2, 0) is 14.3 Å². The van der Waals surface area contributed by atoms with Crippen molar-refractivity contribution in [3.8, 4) is 0 Å². The van der Waals surface area contributed by atoms with Crippen LogP contribution >= 0.6 is 0 Å². The van der Waals surface area contributed by atoms with Gasteiger partial charge in [0.1, 0.15) is 0 Å². The molecule has 6 heteroatoms. The van der Waals surface area contributed by atoms with Crippen LogP contribution in [0.4, 0.5) is 0 Å². The fourth-order valence-corrected chi connectivity index (χ4v) is 3.98. The minimum absolute atomic E-state index is 0.106. The summed E-state index contributed by atoms with van der Waals surface area (Å²) in [6.07, 6.45) is 12.6. The predicted molar refractivity (Wildman–Crippen MR) is 120 cm³/mol. The molecule has 0 bridgehead atoms. The summed E-state index contributed by atoms with van der Waals surface area (Å²) in [6, 6.07) is 0. The molecule has 1 heterocycles. The fourth-order valence-electron chi connectivity index (χ4n) is 3.98. The van der Waals surface area contributed by atoms with E-state index in [0.29, 0.717) is 26.1 Å². The molecule has 1 aliphatic rings. The van der Waals surface area contributed by atoms with Gasteiger partial charge in [-0.25, -0.2) is 0 Å². The number of aliphatic hydroxyl groups is 2. The summed E-state index contributed by atoms with van der Waals surface area (Å²) in [6.45, 7) is 7.17. The third-order valence-corrected chi connectivity index (χ3v) is 5.97. The number of ether oxygens (including phenoxy) is 2. The van der Waals surface area contributed by atoms with Gasteiger partial charge < -0.3 is 19.7 Å². The summed E-state index contributed by atoms with van der Waals surface area (Å²) < 4.78 is 10.8. The van der Waals surface area contributed by atoms with Crippen LogP contribution in [0.3, 0.4) is 0 Å². The Hall–Kier alpha value is -0.690. The van der Waals surface area contributed by atoms with E-state index in [4.69, 9.17) is 9.47 Å². The van der Waals surface area contributed by atoms with Gasteiger partial charge in [-0.1, -0.05) is 64.7 Å². The Bertz CT molecular complexity index is 414. The zero-order valence-electron chi connectivity index (χ0n) is 19.5. The summed E-state index contributed by atoms with van der Waals surface area (Å²) >= 11 is 0. The third kappa shape index (κ3) is 14.3. The molecular formula is C24H47NO5. The highest BCUT2D eigenvalue weighted by Crippen LogP contribution is 2.15. The number of rotatable bonds is 18. The van der Waals surface area contributed by atoms with Crippen molar-refractivity contribution in [1.82, 2.24) is 4.90 Å². The summed E-state index contributed by atoms with van der Waals surface area (Å²) in [5, 5.41) is 20.1. The first-order valence-electron chi connectivity index (χ1n) is 12.4. The maximum absolute atomic E-state index is 12.0. The molecule has 0 saturated carbocycles. The van der Waals surface area contributed by atoms with E-state index in [9.17, 15) is 15.0 Å². The molecule has 0 aliphatic carbocycles. The lowest BCUT2D eigenvalue weighted by molar-refractivity contribution is -0.161. The van der Waals surface area contributed by atoms with Gasteiger partial charge in [-0.2, -0.15) is 0 Å². The first kappa shape index (κ1) is 27.3. The van der Waals surface area contributed by atoms with Crippen molar-refractivity contribution in [2.24, 2.45) is 0 Å². The Morgan fingerprint density at radius 3 is 2.03 bits per heavy atom. The number of esters is 1. The minimum atomic E-state index is -0.380. The van der Waals surface area contributed by atoms with Gasteiger partial charge >= 0.3 is 5.97 Å². The monoisotopic (exact) mass is 429 g/mol. The molecule has 0 amide bonds. The largest absolute Gasteiger partial charge is 0.447 e. The lowest BCUT2D eigenvalue weighted by Crippen LogP contribution is -2.44. The van der Waals surface area contributed by atoms with E-state index in [1.807, 2.05) is 6.92 Å². The average molecular weight is 430 g/mol. The Kier molecular flexibility index (Phi) is 16.3. The molecular weight excluding hydrogens is 382 g/mol. The second kappa shape index (κ2) is 17.9. The molecule has 0 aromatic carbocycles. The number of hydrogen-bond acceptors (Lipinski definition) is 6. The molecule has 1 saturated heterocycles. The standard InChI is InChI=1S/C24H47NO5/c1-3-4-5-10-13-22(26)20-23(27)14-11-8-6-7-9-12-15-24(28)30-21(2)25-16-18-29-19-17-25/h21-23,26-27H,3-20H2,1-2H3. The smallest absolute Gasteiger partial charge is 0.307 e. The Labute approximate surface area is 184 Å². The topological polar surface area (TPSA) is 79.2 Å². The molecule has 1 fully saturated rings. The van der Waals surface area contributed by atoms with Crippen LogP contribution in [0.1, 0.15) is 104 Å². The first-order chi connectivity index (χ1) is 14.5. The number of carbonyl (C=O) groups excluding carboxylic acids is 1. The highest BCUT2D eigenvalue weighted by molar-refractivity contribution is 5.69. The lowest BCUT2D eigenvalue weighted by Gasteiger charge is -2.31. The van der Waals surface area contributed by atoms with Crippen LogP contribution in [0.2, 0.25) is 0 Å². The molecule has 1 aliphatic heterocycles. The van der Waals surface area contributed by atoms with Crippen LogP contribution < -0.4 is 0 Å². The van der Waals surface area contributed by atoms with Gasteiger partial charge in [-0.05, 0) is 32.6 Å². The zero-order valence-corrected chi connectivity index (χ0v) is 19.5. The van der Waals surface area contributed by atoms with E-state index in [1.54, 1.807) is 0 Å². The van der Waals surface area contributed by atoms with Crippen LogP contribution in [-0.4, -0.2) is 65.8 Å². The van der Waals surface area contributed by atoms with Gasteiger partial charge in [0, 0.05) is 19.5 Å². The third-order valence-electron chi connectivity index (χ3n) is 5.97. The second-order valence-electron chi connectivity index (χ2n) is 8.79. The molecule has 0 spiro atoms.